The van der Waals surface area contributed by atoms with E-state index in [0.29, 0.717) is 23.3 Å². The van der Waals surface area contributed by atoms with Gasteiger partial charge in [-0.05, 0) is 97.4 Å². The number of hydrogen-bond donors (Lipinski definition) is 0. The van der Waals surface area contributed by atoms with Gasteiger partial charge < -0.3 is 4.74 Å². The highest BCUT2D eigenvalue weighted by molar-refractivity contribution is 5.72. The number of benzene rings is 3. The quantitative estimate of drug-likeness (QED) is 0.158. The van der Waals surface area contributed by atoms with E-state index in [1.165, 1.54) is 50.7 Å². The normalized spacial score (nSPS) is 22.5. The fourth-order valence-corrected chi connectivity index (χ4v) is 7.59. The van der Waals surface area contributed by atoms with E-state index in [1.807, 2.05) is 0 Å². The fraction of sp³-hybridized carbons (Fsp3) is 0.526. The Balaban J connectivity index is 1.22. The lowest BCUT2D eigenvalue weighted by Crippen LogP contribution is -2.25. The Morgan fingerprint density at radius 1 is 0.581 bits per heavy atom. The molecule has 1 nitrogen and oxygen atoms in total. The number of rotatable bonds is 11. The van der Waals surface area contributed by atoms with Crippen LogP contribution in [0.3, 0.4) is 0 Å². The number of hydrogen-bond acceptors (Lipinski definition) is 1. The van der Waals surface area contributed by atoms with E-state index in [1.54, 1.807) is 36.4 Å². The van der Waals surface area contributed by atoms with Gasteiger partial charge in [-0.2, -0.15) is 4.39 Å². The summed E-state index contributed by atoms with van der Waals surface area (Å²) in [5, 5.41) is 0. The molecule has 0 aliphatic heterocycles. The molecule has 0 saturated heterocycles. The standard InChI is InChI=1S/C38H46F4O/c1-3-5-6-24-43-34-23-22-33(37(41)38(34)42)30-18-16-29(17-19-30)32-21-20-31(35(39)36(32)40)28-14-12-27(13-15-28)26-10-8-25(7-4-2)9-11-26/h16-23,25-28H,3-15,24H2,1-2H3. The SMILES string of the molecule is CCCCCOc1ccc(-c2ccc(-c3ccc(C4CCC(C5CCC(CCC)CC5)CC4)c(F)c3F)cc2)c(F)c1F. The molecule has 0 radical (unpaired) electrons. The van der Waals surface area contributed by atoms with Gasteiger partial charge >= 0.3 is 0 Å². The van der Waals surface area contributed by atoms with Crippen molar-refractivity contribution in [2.45, 2.75) is 103 Å². The van der Waals surface area contributed by atoms with E-state index in [2.05, 4.69) is 13.8 Å². The van der Waals surface area contributed by atoms with Gasteiger partial charge in [0.2, 0.25) is 5.82 Å². The Labute approximate surface area is 255 Å². The van der Waals surface area contributed by atoms with E-state index in [4.69, 9.17) is 4.74 Å². The van der Waals surface area contributed by atoms with E-state index >= 15 is 8.78 Å². The van der Waals surface area contributed by atoms with Crippen LogP contribution in [-0.2, 0) is 0 Å². The summed E-state index contributed by atoms with van der Waals surface area (Å²) in [6, 6.07) is 12.8. The second-order valence-corrected chi connectivity index (χ2v) is 12.9. The van der Waals surface area contributed by atoms with Gasteiger partial charge in [-0.25, -0.2) is 13.2 Å². The van der Waals surface area contributed by atoms with Gasteiger partial charge in [0.15, 0.2) is 23.2 Å². The minimum Gasteiger partial charge on any atom is -0.490 e. The Morgan fingerprint density at radius 3 is 1.72 bits per heavy atom. The van der Waals surface area contributed by atoms with Crippen LogP contribution in [0, 0.1) is 41.0 Å². The predicted octanol–water partition coefficient (Wildman–Crippen LogP) is 12.0. The van der Waals surface area contributed by atoms with Crippen LogP contribution in [-0.4, -0.2) is 6.61 Å². The molecule has 0 N–H and O–H groups in total. The topological polar surface area (TPSA) is 9.23 Å². The van der Waals surface area contributed by atoms with E-state index in [-0.39, 0.29) is 22.8 Å². The molecule has 0 atom stereocenters. The summed E-state index contributed by atoms with van der Waals surface area (Å²) in [5.74, 6) is -1.23. The zero-order chi connectivity index (χ0) is 30.3. The van der Waals surface area contributed by atoms with Crippen molar-refractivity contribution in [3.8, 4) is 28.0 Å². The summed E-state index contributed by atoms with van der Waals surface area (Å²) in [6.45, 7) is 4.67. The minimum atomic E-state index is -1.02. The Morgan fingerprint density at radius 2 is 1.14 bits per heavy atom. The monoisotopic (exact) mass is 594 g/mol. The lowest BCUT2D eigenvalue weighted by atomic mass is 9.68. The molecule has 0 unspecified atom stereocenters. The first-order chi connectivity index (χ1) is 20.9. The van der Waals surface area contributed by atoms with Gasteiger partial charge in [0.05, 0.1) is 6.61 Å². The first-order valence-corrected chi connectivity index (χ1v) is 16.6. The van der Waals surface area contributed by atoms with Crippen LogP contribution in [0.15, 0.2) is 48.5 Å². The highest BCUT2D eigenvalue weighted by atomic mass is 19.2. The summed E-state index contributed by atoms with van der Waals surface area (Å²) in [5.41, 5.74) is 1.69. The molecule has 3 aromatic carbocycles. The third-order valence-electron chi connectivity index (χ3n) is 10.1. The molecular weight excluding hydrogens is 548 g/mol. The first kappa shape index (κ1) is 31.6. The summed E-state index contributed by atoms with van der Waals surface area (Å²) in [7, 11) is 0. The average molecular weight is 595 g/mol. The molecule has 5 rings (SSSR count). The minimum absolute atomic E-state index is 0.0510. The van der Waals surface area contributed by atoms with Crippen LogP contribution in [0.2, 0.25) is 0 Å². The van der Waals surface area contributed by atoms with Gasteiger partial charge in [-0.1, -0.05) is 88.8 Å². The molecule has 43 heavy (non-hydrogen) atoms. The van der Waals surface area contributed by atoms with Crippen molar-refractivity contribution in [2.75, 3.05) is 6.61 Å². The van der Waals surface area contributed by atoms with Crippen molar-refractivity contribution < 1.29 is 22.3 Å². The summed E-state index contributed by atoms with van der Waals surface area (Å²) < 4.78 is 65.8. The van der Waals surface area contributed by atoms with Crippen LogP contribution in [0.25, 0.3) is 22.3 Å². The van der Waals surface area contributed by atoms with E-state index in [9.17, 15) is 8.78 Å². The van der Waals surface area contributed by atoms with Crippen LogP contribution < -0.4 is 4.74 Å². The van der Waals surface area contributed by atoms with Gasteiger partial charge in [0, 0.05) is 11.1 Å². The summed E-state index contributed by atoms with van der Waals surface area (Å²) >= 11 is 0. The lowest BCUT2D eigenvalue weighted by Gasteiger charge is -2.38. The lowest BCUT2D eigenvalue weighted by molar-refractivity contribution is 0.156. The second kappa shape index (κ2) is 14.8. The Bertz CT molecular complexity index is 1340. The molecule has 3 aromatic rings. The molecule has 2 fully saturated rings. The van der Waals surface area contributed by atoms with Gasteiger partial charge in [0.25, 0.3) is 0 Å². The largest absolute Gasteiger partial charge is 0.490 e. The first-order valence-electron chi connectivity index (χ1n) is 16.6. The summed E-state index contributed by atoms with van der Waals surface area (Å²) in [4.78, 5) is 0. The zero-order valence-electron chi connectivity index (χ0n) is 25.7. The second-order valence-electron chi connectivity index (χ2n) is 12.9. The maximum absolute atomic E-state index is 15.4. The molecule has 232 valence electrons. The maximum Gasteiger partial charge on any atom is 0.201 e. The van der Waals surface area contributed by atoms with Crippen LogP contribution in [0.4, 0.5) is 17.6 Å². The van der Waals surface area contributed by atoms with Crippen molar-refractivity contribution >= 4 is 0 Å². The number of halogens is 4. The molecule has 2 saturated carbocycles. The molecule has 0 heterocycles. The van der Waals surface area contributed by atoms with Gasteiger partial charge in [-0.3, -0.25) is 0 Å². The molecule has 0 amide bonds. The molecule has 0 aromatic heterocycles. The molecule has 2 aliphatic rings. The van der Waals surface area contributed by atoms with Crippen LogP contribution >= 0.6 is 0 Å². The molecule has 0 bridgehead atoms. The third kappa shape index (κ3) is 7.29. The molecule has 2 aliphatic carbocycles. The molecule has 0 spiro atoms. The fourth-order valence-electron chi connectivity index (χ4n) is 7.59. The molecular formula is C38H46F4O. The third-order valence-corrected chi connectivity index (χ3v) is 10.1. The Kier molecular flexibility index (Phi) is 10.9. The molecule has 5 heteroatoms. The van der Waals surface area contributed by atoms with E-state index < -0.39 is 23.3 Å². The smallest absolute Gasteiger partial charge is 0.201 e. The predicted molar refractivity (Wildman–Crippen MR) is 167 cm³/mol. The van der Waals surface area contributed by atoms with Gasteiger partial charge in [0.1, 0.15) is 0 Å². The van der Waals surface area contributed by atoms with Crippen LogP contribution in [0.1, 0.15) is 109 Å². The van der Waals surface area contributed by atoms with E-state index in [0.717, 1.165) is 62.7 Å². The highest BCUT2D eigenvalue weighted by Crippen LogP contribution is 2.45. The van der Waals surface area contributed by atoms with Crippen molar-refractivity contribution in [1.82, 2.24) is 0 Å². The van der Waals surface area contributed by atoms with Crippen molar-refractivity contribution in [2.24, 2.45) is 17.8 Å². The number of ether oxygens (including phenoxy) is 1. The van der Waals surface area contributed by atoms with Gasteiger partial charge in [-0.15, -0.1) is 0 Å². The average Bonchev–Trinajstić information content (AvgIpc) is 3.03. The number of unbranched alkanes of at least 4 members (excludes halogenated alkanes) is 2. The van der Waals surface area contributed by atoms with Crippen molar-refractivity contribution in [3.05, 3.63) is 77.4 Å². The Hall–Kier alpha value is -2.82. The van der Waals surface area contributed by atoms with Crippen LogP contribution in [0.5, 0.6) is 5.75 Å². The van der Waals surface area contributed by atoms with Crippen molar-refractivity contribution in [1.29, 1.82) is 0 Å². The highest BCUT2D eigenvalue weighted by Gasteiger charge is 2.32. The van der Waals surface area contributed by atoms with Crippen molar-refractivity contribution in [3.63, 3.8) is 0 Å². The maximum atomic E-state index is 15.4. The summed E-state index contributed by atoms with van der Waals surface area (Å²) in [6.07, 6.45) is 14.8. The zero-order valence-corrected chi connectivity index (χ0v) is 25.7.